The van der Waals surface area contributed by atoms with E-state index in [1.807, 2.05) is 28.8 Å². The van der Waals surface area contributed by atoms with Crippen molar-refractivity contribution in [1.29, 1.82) is 0 Å². The molecule has 2 aliphatic rings. The summed E-state index contributed by atoms with van der Waals surface area (Å²) in [6.45, 7) is 4.08. The number of rotatable bonds is 4. The number of H-pyrrole nitrogens is 1. The Kier molecular flexibility index (Phi) is 3.82. The van der Waals surface area contributed by atoms with Gasteiger partial charge >= 0.3 is 0 Å². The molecule has 0 unspecified atom stereocenters. The molecule has 1 saturated carbocycles. The van der Waals surface area contributed by atoms with Crippen molar-refractivity contribution in [2.75, 3.05) is 30.9 Å². The molecule has 0 bridgehead atoms. The number of aromatic amines is 1. The Balaban J connectivity index is 1.76. The van der Waals surface area contributed by atoms with Crippen LogP contribution in [0.5, 0.6) is 0 Å². The fraction of sp³-hybridized carbons (Fsp3) is 0.474. The minimum absolute atomic E-state index is 0.168. The number of imidazole rings is 1. The smallest absolute Gasteiger partial charge is 0.168 e. The van der Waals surface area contributed by atoms with Crippen LogP contribution in [-0.2, 0) is 19.3 Å². The molecular weight excluding hydrogens is 378 g/mol. The predicted octanol–water partition coefficient (Wildman–Crippen LogP) is 1.98. The first-order valence-electron chi connectivity index (χ1n) is 9.47. The van der Waals surface area contributed by atoms with Crippen LogP contribution < -0.4 is 4.90 Å². The van der Waals surface area contributed by atoms with Gasteiger partial charge in [-0.1, -0.05) is 0 Å². The number of hydrogen-bond acceptors (Lipinski definition) is 6. The standard InChI is InChI=1S/C19H23N5O3S/c1-13-11-27-9-8-23(13)16-10-15(19(5-6-19)28(2,25)26)24-12-21-17(18(24)22-16)14-4-3-7-20-14/h3-4,7,10,12-13,20H,5-6,8-9,11H2,1-2H3/t13-/m1/s1. The van der Waals surface area contributed by atoms with Crippen LogP contribution in [0.2, 0.25) is 0 Å². The predicted molar refractivity (Wildman–Crippen MR) is 106 cm³/mol. The highest BCUT2D eigenvalue weighted by Gasteiger charge is 2.55. The van der Waals surface area contributed by atoms with Crippen molar-refractivity contribution in [3.8, 4) is 11.4 Å². The number of nitrogens with one attached hydrogen (secondary N) is 1. The Bertz CT molecular complexity index is 1130. The Labute approximate surface area is 163 Å². The lowest BCUT2D eigenvalue weighted by Gasteiger charge is -2.34. The molecule has 5 rings (SSSR count). The minimum atomic E-state index is -3.27. The molecule has 2 fully saturated rings. The number of fused-ring (bicyclic) bond motifs is 1. The van der Waals surface area contributed by atoms with Crippen LogP contribution in [0, 0.1) is 0 Å². The Morgan fingerprint density at radius 3 is 2.82 bits per heavy atom. The summed E-state index contributed by atoms with van der Waals surface area (Å²) >= 11 is 0. The first-order chi connectivity index (χ1) is 13.4. The van der Waals surface area contributed by atoms with Crippen LogP contribution in [0.3, 0.4) is 0 Å². The van der Waals surface area contributed by atoms with Crippen LogP contribution in [0.1, 0.15) is 25.5 Å². The normalized spacial score (nSPS) is 21.9. The van der Waals surface area contributed by atoms with Crippen LogP contribution in [0.15, 0.2) is 30.7 Å². The summed E-state index contributed by atoms with van der Waals surface area (Å²) in [7, 11) is -3.27. The Morgan fingerprint density at radius 2 is 2.18 bits per heavy atom. The fourth-order valence-corrected chi connectivity index (χ4v) is 5.50. The molecule has 9 heteroatoms. The Hall–Kier alpha value is -2.39. The van der Waals surface area contributed by atoms with Gasteiger partial charge in [0.15, 0.2) is 15.5 Å². The van der Waals surface area contributed by atoms with E-state index in [9.17, 15) is 8.42 Å². The van der Waals surface area contributed by atoms with Gasteiger partial charge in [0.2, 0.25) is 0 Å². The summed E-state index contributed by atoms with van der Waals surface area (Å²) in [6.07, 6.45) is 6.10. The largest absolute Gasteiger partial charge is 0.377 e. The highest BCUT2D eigenvalue weighted by Crippen LogP contribution is 2.53. The molecule has 0 amide bonds. The zero-order valence-corrected chi connectivity index (χ0v) is 16.7. The van der Waals surface area contributed by atoms with Crippen LogP contribution in [0.25, 0.3) is 17.0 Å². The molecule has 148 valence electrons. The van der Waals surface area contributed by atoms with Gasteiger partial charge in [-0.15, -0.1) is 0 Å². The third kappa shape index (κ3) is 2.56. The molecule has 0 spiro atoms. The van der Waals surface area contributed by atoms with Crippen molar-refractivity contribution in [3.63, 3.8) is 0 Å². The van der Waals surface area contributed by atoms with Gasteiger partial charge in [-0.25, -0.2) is 18.4 Å². The number of anilines is 1. The average molecular weight is 401 g/mol. The zero-order valence-electron chi connectivity index (χ0n) is 15.9. The number of nitrogens with zero attached hydrogens (tertiary/aromatic N) is 4. The highest BCUT2D eigenvalue weighted by molar-refractivity contribution is 7.91. The summed E-state index contributed by atoms with van der Waals surface area (Å²) < 4.78 is 31.9. The molecule has 1 N–H and O–H groups in total. The van der Waals surface area contributed by atoms with E-state index in [4.69, 9.17) is 9.72 Å². The lowest BCUT2D eigenvalue weighted by molar-refractivity contribution is 0.0985. The van der Waals surface area contributed by atoms with E-state index >= 15 is 0 Å². The lowest BCUT2D eigenvalue weighted by atomic mass is 10.2. The van der Waals surface area contributed by atoms with E-state index in [0.29, 0.717) is 31.7 Å². The first kappa shape index (κ1) is 17.7. The van der Waals surface area contributed by atoms with Crippen LogP contribution >= 0.6 is 0 Å². The van der Waals surface area contributed by atoms with E-state index < -0.39 is 14.6 Å². The van der Waals surface area contributed by atoms with Gasteiger partial charge < -0.3 is 14.6 Å². The van der Waals surface area contributed by atoms with Gasteiger partial charge in [-0.3, -0.25) is 4.40 Å². The fourth-order valence-electron chi connectivity index (χ4n) is 4.12. The lowest BCUT2D eigenvalue weighted by Crippen LogP contribution is -2.44. The van der Waals surface area contributed by atoms with Crippen LogP contribution in [-0.4, -0.2) is 59.8 Å². The molecule has 1 saturated heterocycles. The Morgan fingerprint density at radius 1 is 1.36 bits per heavy atom. The molecule has 0 aromatic carbocycles. The van der Waals surface area contributed by atoms with Gasteiger partial charge in [0.1, 0.15) is 22.6 Å². The third-order valence-electron chi connectivity index (χ3n) is 5.88. The van der Waals surface area contributed by atoms with Crippen molar-refractivity contribution in [1.82, 2.24) is 19.4 Å². The quantitative estimate of drug-likeness (QED) is 0.719. The van der Waals surface area contributed by atoms with E-state index in [2.05, 4.69) is 21.8 Å². The van der Waals surface area contributed by atoms with E-state index in [0.717, 1.165) is 29.4 Å². The molecule has 3 aromatic heterocycles. The van der Waals surface area contributed by atoms with Crippen molar-refractivity contribution in [2.45, 2.75) is 30.6 Å². The molecule has 4 heterocycles. The topological polar surface area (TPSA) is 92.6 Å². The maximum Gasteiger partial charge on any atom is 0.168 e. The van der Waals surface area contributed by atoms with Crippen molar-refractivity contribution >= 4 is 21.3 Å². The maximum atomic E-state index is 12.7. The third-order valence-corrected chi connectivity index (χ3v) is 7.92. The van der Waals surface area contributed by atoms with E-state index in [1.54, 1.807) is 6.33 Å². The van der Waals surface area contributed by atoms with E-state index in [-0.39, 0.29) is 6.04 Å². The summed E-state index contributed by atoms with van der Waals surface area (Å²) in [5, 5.41) is 0. The molecule has 1 aliphatic heterocycles. The summed E-state index contributed by atoms with van der Waals surface area (Å²) in [6, 6.07) is 5.95. The number of sulfone groups is 1. The van der Waals surface area contributed by atoms with Gasteiger partial charge in [-0.05, 0) is 31.9 Å². The van der Waals surface area contributed by atoms with Gasteiger partial charge in [0, 0.05) is 25.1 Å². The van der Waals surface area contributed by atoms with Crippen molar-refractivity contribution in [2.24, 2.45) is 0 Å². The molecule has 28 heavy (non-hydrogen) atoms. The van der Waals surface area contributed by atoms with Crippen LogP contribution in [0.4, 0.5) is 5.82 Å². The first-order valence-corrected chi connectivity index (χ1v) is 11.4. The van der Waals surface area contributed by atoms with Gasteiger partial charge in [0.05, 0.1) is 30.6 Å². The summed E-state index contributed by atoms with van der Waals surface area (Å²) in [4.78, 5) is 14.8. The molecular formula is C19H23N5O3S. The molecule has 8 nitrogen and oxygen atoms in total. The second-order valence-corrected chi connectivity index (χ2v) is 10.1. The number of aromatic nitrogens is 4. The summed E-state index contributed by atoms with van der Waals surface area (Å²) in [5.74, 6) is 0.779. The monoisotopic (exact) mass is 401 g/mol. The van der Waals surface area contributed by atoms with Crippen molar-refractivity contribution < 1.29 is 13.2 Å². The van der Waals surface area contributed by atoms with Gasteiger partial charge in [-0.2, -0.15) is 0 Å². The second-order valence-electron chi connectivity index (χ2n) is 7.75. The van der Waals surface area contributed by atoms with Gasteiger partial charge in [0.25, 0.3) is 0 Å². The maximum absolute atomic E-state index is 12.7. The minimum Gasteiger partial charge on any atom is -0.377 e. The molecule has 3 aromatic rings. The average Bonchev–Trinajstić information content (AvgIpc) is 3.11. The SMILES string of the molecule is C[C@@H]1COCCN1c1cc(C2(S(C)(=O)=O)CC2)n2cnc(-c3ccc[nH]3)c2n1. The molecule has 1 atom stereocenters. The number of hydrogen-bond donors (Lipinski definition) is 1. The summed E-state index contributed by atoms with van der Waals surface area (Å²) in [5.41, 5.74) is 3.00. The number of morpholine rings is 1. The second kappa shape index (κ2) is 6.05. The molecule has 0 radical (unpaired) electrons. The van der Waals surface area contributed by atoms with Crippen molar-refractivity contribution in [3.05, 3.63) is 36.4 Å². The number of ether oxygens (including phenoxy) is 1. The molecule has 1 aliphatic carbocycles. The van der Waals surface area contributed by atoms with E-state index in [1.165, 1.54) is 6.26 Å². The zero-order chi connectivity index (χ0) is 19.5. The highest BCUT2D eigenvalue weighted by atomic mass is 32.2.